The molecule has 0 aromatic heterocycles. The van der Waals surface area contributed by atoms with E-state index >= 15 is 0 Å². The van der Waals surface area contributed by atoms with Gasteiger partial charge in [0.1, 0.15) is 0 Å². The number of unbranched alkanes of at least 4 members (excludes halogenated alkanes) is 4. The fraction of sp³-hybridized carbons (Fsp3) is 1.00. The van der Waals surface area contributed by atoms with Crippen LogP contribution in [-0.2, 0) is 4.74 Å². The summed E-state index contributed by atoms with van der Waals surface area (Å²) in [7, 11) is 0. The van der Waals surface area contributed by atoms with Crippen molar-refractivity contribution in [2.24, 2.45) is 0 Å². The van der Waals surface area contributed by atoms with Crippen LogP contribution in [-0.4, -0.2) is 25.3 Å². The first-order chi connectivity index (χ1) is 8.33. The van der Waals surface area contributed by atoms with Crippen molar-refractivity contribution in [2.45, 2.75) is 83.8 Å². The molecule has 0 aromatic rings. The molecule has 1 unspecified atom stereocenters. The molecule has 1 aliphatic carbocycles. The van der Waals surface area contributed by atoms with Crippen LogP contribution in [0.5, 0.6) is 0 Å². The number of nitrogens with one attached hydrogen (secondary N) is 1. The van der Waals surface area contributed by atoms with Crippen molar-refractivity contribution < 1.29 is 4.74 Å². The smallest absolute Gasteiger partial charge is 0.0671 e. The molecule has 17 heavy (non-hydrogen) atoms. The van der Waals surface area contributed by atoms with Crippen LogP contribution in [0.3, 0.4) is 0 Å². The summed E-state index contributed by atoms with van der Waals surface area (Å²) in [5, 5.41) is 3.62. The first kappa shape index (κ1) is 15.0. The highest BCUT2D eigenvalue weighted by atomic mass is 16.5. The summed E-state index contributed by atoms with van der Waals surface area (Å²) < 4.78 is 5.82. The van der Waals surface area contributed by atoms with E-state index in [9.17, 15) is 0 Å². The van der Waals surface area contributed by atoms with Crippen molar-refractivity contribution in [3.63, 3.8) is 0 Å². The molecule has 1 N–H and O–H groups in total. The molecule has 0 amide bonds. The van der Waals surface area contributed by atoms with Gasteiger partial charge in [-0.3, -0.25) is 0 Å². The van der Waals surface area contributed by atoms with Gasteiger partial charge in [-0.05, 0) is 26.2 Å². The van der Waals surface area contributed by atoms with Crippen molar-refractivity contribution in [3.8, 4) is 0 Å². The summed E-state index contributed by atoms with van der Waals surface area (Å²) in [4.78, 5) is 0. The summed E-state index contributed by atoms with van der Waals surface area (Å²) in [6.07, 6.45) is 12.5. The predicted molar refractivity (Wildman–Crippen MR) is 74.4 cm³/mol. The first-order valence-corrected chi connectivity index (χ1v) is 7.68. The van der Waals surface area contributed by atoms with Crippen molar-refractivity contribution in [1.82, 2.24) is 5.32 Å². The second kappa shape index (κ2) is 9.90. The van der Waals surface area contributed by atoms with E-state index in [0.29, 0.717) is 6.10 Å². The molecule has 1 aliphatic rings. The van der Waals surface area contributed by atoms with Gasteiger partial charge in [-0.2, -0.15) is 0 Å². The van der Waals surface area contributed by atoms with Crippen LogP contribution >= 0.6 is 0 Å². The lowest BCUT2D eigenvalue weighted by Gasteiger charge is -2.17. The molecule has 0 saturated heterocycles. The van der Waals surface area contributed by atoms with Gasteiger partial charge in [0.15, 0.2) is 0 Å². The van der Waals surface area contributed by atoms with Gasteiger partial charge in [0, 0.05) is 19.2 Å². The Bertz CT molecular complexity index is 166. The highest BCUT2D eigenvalue weighted by Gasteiger charge is 2.14. The number of hydrogen-bond donors (Lipinski definition) is 1. The van der Waals surface area contributed by atoms with E-state index in [-0.39, 0.29) is 0 Å². The van der Waals surface area contributed by atoms with Gasteiger partial charge in [-0.15, -0.1) is 0 Å². The summed E-state index contributed by atoms with van der Waals surface area (Å²) in [6, 6.07) is 0.769. The minimum Gasteiger partial charge on any atom is -0.377 e. The molecule has 0 bridgehead atoms. The lowest BCUT2D eigenvalue weighted by molar-refractivity contribution is 0.0612. The monoisotopic (exact) mass is 241 g/mol. The van der Waals surface area contributed by atoms with E-state index in [1.165, 1.54) is 57.8 Å². The lowest BCUT2D eigenvalue weighted by Crippen LogP contribution is -2.33. The van der Waals surface area contributed by atoms with Crippen LogP contribution in [0, 0.1) is 0 Å². The molecule has 0 heterocycles. The molecule has 2 nitrogen and oxygen atoms in total. The Morgan fingerprint density at radius 1 is 1.12 bits per heavy atom. The minimum absolute atomic E-state index is 0.377. The summed E-state index contributed by atoms with van der Waals surface area (Å²) in [5.74, 6) is 0. The summed E-state index contributed by atoms with van der Waals surface area (Å²) >= 11 is 0. The van der Waals surface area contributed by atoms with Crippen molar-refractivity contribution in [3.05, 3.63) is 0 Å². The van der Waals surface area contributed by atoms with Crippen molar-refractivity contribution in [2.75, 3.05) is 13.2 Å². The average Bonchev–Trinajstić information content (AvgIpc) is 2.84. The van der Waals surface area contributed by atoms with Gasteiger partial charge < -0.3 is 10.1 Å². The molecular weight excluding hydrogens is 210 g/mol. The van der Waals surface area contributed by atoms with E-state index < -0.39 is 0 Å². The van der Waals surface area contributed by atoms with Gasteiger partial charge >= 0.3 is 0 Å². The Morgan fingerprint density at radius 2 is 1.82 bits per heavy atom. The van der Waals surface area contributed by atoms with Crippen LogP contribution in [0.2, 0.25) is 0 Å². The van der Waals surface area contributed by atoms with Gasteiger partial charge in [0.25, 0.3) is 0 Å². The molecule has 2 heteroatoms. The molecule has 1 atom stereocenters. The zero-order chi connectivity index (χ0) is 12.3. The Labute approximate surface area is 108 Å². The Hall–Kier alpha value is -0.0800. The van der Waals surface area contributed by atoms with E-state index in [0.717, 1.165) is 19.2 Å². The van der Waals surface area contributed by atoms with Crippen LogP contribution in [0.15, 0.2) is 0 Å². The summed E-state index contributed by atoms with van der Waals surface area (Å²) in [5.41, 5.74) is 0. The zero-order valence-electron chi connectivity index (χ0n) is 11.8. The second-order valence-electron chi connectivity index (χ2n) is 5.49. The van der Waals surface area contributed by atoms with E-state index in [1.807, 2.05) is 0 Å². The SMILES string of the molecule is CCCCCCCOC(C)CNC1CCCC1. The molecule has 1 rings (SSSR count). The third-order valence-corrected chi connectivity index (χ3v) is 3.70. The van der Waals surface area contributed by atoms with E-state index in [4.69, 9.17) is 4.74 Å². The molecule has 0 radical (unpaired) electrons. The lowest BCUT2D eigenvalue weighted by atomic mass is 10.2. The molecule has 1 fully saturated rings. The van der Waals surface area contributed by atoms with Crippen LogP contribution in [0.1, 0.15) is 71.6 Å². The molecule has 102 valence electrons. The van der Waals surface area contributed by atoms with Gasteiger partial charge in [0.2, 0.25) is 0 Å². The Morgan fingerprint density at radius 3 is 2.53 bits per heavy atom. The highest BCUT2D eigenvalue weighted by molar-refractivity contribution is 4.74. The van der Waals surface area contributed by atoms with Crippen LogP contribution < -0.4 is 5.32 Å². The first-order valence-electron chi connectivity index (χ1n) is 7.68. The number of rotatable bonds is 10. The van der Waals surface area contributed by atoms with Gasteiger partial charge in [-0.1, -0.05) is 45.4 Å². The Kier molecular flexibility index (Phi) is 8.72. The third-order valence-electron chi connectivity index (χ3n) is 3.70. The standard InChI is InChI=1S/C15H31NO/c1-3-4-5-6-9-12-17-14(2)13-16-15-10-7-8-11-15/h14-16H,3-13H2,1-2H3. The molecule has 0 spiro atoms. The Balaban J connectivity index is 1.85. The van der Waals surface area contributed by atoms with Gasteiger partial charge in [0.05, 0.1) is 6.10 Å². The maximum Gasteiger partial charge on any atom is 0.0671 e. The zero-order valence-corrected chi connectivity index (χ0v) is 11.8. The highest BCUT2D eigenvalue weighted by Crippen LogP contribution is 2.17. The normalized spacial score (nSPS) is 18.7. The quantitative estimate of drug-likeness (QED) is 0.586. The van der Waals surface area contributed by atoms with Gasteiger partial charge in [-0.25, -0.2) is 0 Å². The molecule has 0 aromatic carbocycles. The topological polar surface area (TPSA) is 21.3 Å². The maximum absolute atomic E-state index is 5.82. The molecular formula is C15H31NO. The molecule has 0 aliphatic heterocycles. The number of hydrogen-bond acceptors (Lipinski definition) is 2. The molecule has 1 saturated carbocycles. The summed E-state index contributed by atoms with van der Waals surface area (Å²) in [6.45, 7) is 6.41. The van der Waals surface area contributed by atoms with Crippen LogP contribution in [0.25, 0.3) is 0 Å². The largest absolute Gasteiger partial charge is 0.377 e. The predicted octanol–water partition coefficient (Wildman–Crippen LogP) is 3.89. The minimum atomic E-state index is 0.377. The third kappa shape index (κ3) is 7.77. The van der Waals surface area contributed by atoms with Crippen LogP contribution in [0.4, 0.5) is 0 Å². The van der Waals surface area contributed by atoms with E-state index in [1.54, 1.807) is 0 Å². The fourth-order valence-electron chi connectivity index (χ4n) is 2.51. The fourth-order valence-corrected chi connectivity index (χ4v) is 2.51. The second-order valence-corrected chi connectivity index (χ2v) is 5.49. The van der Waals surface area contributed by atoms with Crippen molar-refractivity contribution in [1.29, 1.82) is 0 Å². The maximum atomic E-state index is 5.82. The van der Waals surface area contributed by atoms with E-state index in [2.05, 4.69) is 19.2 Å². The van der Waals surface area contributed by atoms with Crippen molar-refractivity contribution >= 4 is 0 Å². The average molecular weight is 241 g/mol. The number of ether oxygens (including phenoxy) is 1.